The number of pyridine rings is 1. The summed E-state index contributed by atoms with van der Waals surface area (Å²) in [7, 11) is 0. The van der Waals surface area contributed by atoms with Crippen molar-refractivity contribution < 1.29 is 4.79 Å². The molecule has 4 heteroatoms. The van der Waals surface area contributed by atoms with Crippen molar-refractivity contribution in [2.24, 2.45) is 5.41 Å². The molecule has 1 saturated carbocycles. The van der Waals surface area contributed by atoms with Crippen molar-refractivity contribution in [3.05, 3.63) is 29.0 Å². The number of amides is 1. The Bertz CT molecular complexity index is 473. The molecule has 1 aliphatic heterocycles. The molecular weight excluding hydrogens is 260 g/mol. The number of halogens is 1. The van der Waals surface area contributed by atoms with E-state index in [2.05, 4.69) is 4.98 Å². The van der Waals surface area contributed by atoms with Crippen LogP contribution in [0, 0.1) is 5.41 Å². The van der Waals surface area contributed by atoms with Gasteiger partial charge in [0.2, 0.25) is 0 Å². The molecule has 1 amide bonds. The summed E-state index contributed by atoms with van der Waals surface area (Å²) in [5.74, 6) is 0.0333. The highest BCUT2D eigenvalue weighted by molar-refractivity contribution is 6.32. The van der Waals surface area contributed by atoms with Gasteiger partial charge in [0.15, 0.2) is 0 Å². The summed E-state index contributed by atoms with van der Waals surface area (Å²) in [5.41, 5.74) is 1.07. The second kappa shape index (κ2) is 5.12. The van der Waals surface area contributed by atoms with Gasteiger partial charge in [0.05, 0.1) is 5.56 Å². The van der Waals surface area contributed by atoms with E-state index in [1.165, 1.54) is 25.7 Å². The van der Waals surface area contributed by atoms with Crippen molar-refractivity contribution >= 4 is 17.5 Å². The summed E-state index contributed by atoms with van der Waals surface area (Å²) in [6.45, 7) is 1.73. The van der Waals surface area contributed by atoms with E-state index in [9.17, 15) is 4.79 Å². The number of carbonyl (C=O) groups excluding carboxylic acids is 1. The third-order valence-electron chi connectivity index (χ3n) is 4.77. The molecule has 1 saturated heterocycles. The molecule has 0 radical (unpaired) electrons. The predicted molar refractivity (Wildman–Crippen MR) is 75.3 cm³/mol. The van der Waals surface area contributed by atoms with Crippen molar-refractivity contribution in [1.29, 1.82) is 0 Å². The van der Waals surface area contributed by atoms with E-state index in [1.54, 1.807) is 18.3 Å². The average molecular weight is 279 g/mol. The Labute approximate surface area is 119 Å². The molecular formula is C15H19ClN2O. The highest BCUT2D eigenvalue weighted by Gasteiger charge is 2.38. The van der Waals surface area contributed by atoms with Crippen LogP contribution in [-0.4, -0.2) is 28.9 Å². The van der Waals surface area contributed by atoms with Crippen molar-refractivity contribution in [1.82, 2.24) is 9.88 Å². The van der Waals surface area contributed by atoms with Gasteiger partial charge in [-0.2, -0.15) is 0 Å². The molecule has 19 heavy (non-hydrogen) atoms. The lowest BCUT2D eigenvalue weighted by molar-refractivity contribution is 0.0587. The van der Waals surface area contributed by atoms with Crippen LogP contribution < -0.4 is 0 Å². The molecule has 0 N–H and O–H groups in total. The largest absolute Gasteiger partial charge is 0.339 e. The molecule has 1 aliphatic carbocycles. The van der Waals surface area contributed by atoms with E-state index in [0.29, 0.717) is 16.1 Å². The number of rotatable bonds is 1. The summed E-state index contributed by atoms with van der Waals surface area (Å²) >= 11 is 6.00. The number of nitrogens with zero attached hydrogens (tertiary/aromatic N) is 2. The van der Waals surface area contributed by atoms with Gasteiger partial charge in [-0.1, -0.05) is 24.4 Å². The zero-order valence-electron chi connectivity index (χ0n) is 11.1. The molecule has 3 nitrogen and oxygen atoms in total. The van der Waals surface area contributed by atoms with Crippen molar-refractivity contribution in [3.63, 3.8) is 0 Å². The Morgan fingerprint density at radius 2 is 1.89 bits per heavy atom. The summed E-state index contributed by atoms with van der Waals surface area (Å²) in [6.07, 6.45) is 9.34. The van der Waals surface area contributed by atoms with Gasteiger partial charge < -0.3 is 4.90 Å². The first-order valence-corrected chi connectivity index (χ1v) is 7.48. The van der Waals surface area contributed by atoms with Gasteiger partial charge in [-0.25, -0.2) is 4.98 Å². The van der Waals surface area contributed by atoms with Gasteiger partial charge in [-0.05, 0) is 43.2 Å². The second-order valence-electron chi connectivity index (χ2n) is 5.84. The van der Waals surface area contributed by atoms with Crippen LogP contribution in [0.3, 0.4) is 0 Å². The first-order valence-electron chi connectivity index (χ1n) is 7.10. The first-order chi connectivity index (χ1) is 9.20. The number of hydrogen-bond acceptors (Lipinski definition) is 2. The van der Waals surface area contributed by atoms with Crippen LogP contribution >= 0.6 is 11.6 Å². The minimum absolute atomic E-state index is 0.0333. The molecule has 1 aromatic heterocycles. The lowest BCUT2D eigenvalue weighted by Gasteiger charge is -2.39. The van der Waals surface area contributed by atoms with Crippen LogP contribution in [0.1, 0.15) is 48.9 Å². The fourth-order valence-corrected chi connectivity index (χ4v) is 3.73. The number of hydrogen-bond donors (Lipinski definition) is 0. The van der Waals surface area contributed by atoms with Crippen LogP contribution in [0.4, 0.5) is 0 Å². The normalized spacial score (nSPS) is 21.8. The Kier molecular flexibility index (Phi) is 3.48. The SMILES string of the molecule is O=C(c1cccnc1Cl)N1CCC2(CCCC2)CC1. The highest BCUT2D eigenvalue weighted by Crippen LogP contribution is 2.46. The lowest BCUT2D eigenvalue weighted by atomic mass is 9.77. The van der Waals surface area contributed by atoms with Crippen molar-refractivity contribution in [3.8, 4) is 0 Å². The van der Waals surface area contributed by atoms with Gasteiger partial charge in [0, 0.05) is 19.3 Å². The summed E-state index contributed by atoms with van der Waals surface area (Å²) < 4.78 is 0. The monoisotopic (exact) mass is 278 g/mol. The number of piperidine rings is 1. The standard InChI is InChI=1S/C15H19ClN2O/c16-13-12(4-3-9-17-13)14(19)18-10-7-15(8-11-18)5-1-2-6-15/h3-4,9H,1-2,5-8,10-11H2. The van der Waals surface area contributed by atoms with Crippen molar-refractivity contribution in [2.45, 2.75) is 38.5 Å². The van der Waals surface area contributed by atoms with Crippen LogP contribution in [0.5, 0.6) is 0 Å². The fourth-order valence-electron chi connectivity index (χ4n) is 3.53. The second-order valence-corrected chi connectivity index (χ2v) is 6.20. The van der Waals surface area contributed by atoms with Gasteiger partial charge >= 0.3 is 0 Å². The minimum Gasteiger partial charge on any atom is -0.339 e. The quantitative estimate of drug-likeness (QED) is 0.736. The summed E-state index contributed by atoms with van der Waals surface area (Å²) in [6, 6.07) is 3.53. The molecule has 1 aromatic rings. The van der Waals surface area contributed by atoms with E-state index in [-0.39, 0.29) is 5.91 Å². The Balaban J connectivity index is 1.68. The minimum atomic E-state index is 0.0333. The van der Waals surface area contributed by atoms with Gasteiger partial charge in [0.1, 0.15) is 5.15 Å². The first kappa shape index (κ1) is 12.9. The molecule has 2 heterocycles. The average Bonchev–Trinajstić information content (AvgIpc) is 2.88. The maximum atomic E-state index is 12.4. The third-order valence-corrected chi connectivity index (χ3v) is 5.07. The molecule has 3 rings (SSSR count). The zero-order valence-corrected chi connectivity index (χ0v) is 11.8. The zero-order chi connectivity index (χ0) is 13.3. The molecule has 0 bridgehead atoms. The van der Waals surface area contributed by atoms with Gasteiger partial charge in [-0.15, -0.1) is 0 Å². The van der Waals surface area contributed by atoms with Gasteiger partial charge in [-0.3, -0.25) is 4.79 Å². The molecule has 2 aliphatic rings. The van der Waals surface area contributed by atoms with Crippen LogP contribution in [0.15, 0.2) is 18.3 Å². The molecule has 2 fully saturated rings. The van der Waals surface area contributed by atoms with E-state index >= 15 is 0 Å². The third kappa shape index (κ3) is 2.48. The maximum absolute atomic E-state index is 12.4. The van der Waals surface area contributed by atoms with E-state index in [1.807, 2.05) is 4.90 Å². The van der Waals surface area contributed by atoms with Crippen LogP contribution in [-0.2, 0) is 0 Å². The highest BCUT2D eigenvalue weighted by atomic mass is 35.5. The molecule has 0 unspecified atom stereocenters. The van der Waals surface area contributed by atoms with Crippen LogP contribution in [0.25, 0.3) is 0 Å². The maximum Gasteiger partial charge on any atom is 0.256 e. The molecule has 0 aromatic carbocycles. The smallest absolute Gasteiger partial charge is 0.256 e. The Morgan fingerprint density at radius 3 is 2.53 bits per heavy atom. The fraction of sp³-hybridized carbons (Fsp3) is 0.600. The summed E-state index contributed by atoms with van der Waals surface area (Å²) in [5, 5.41) is 0.314. The lowest BCUT2D eigenvalue weighted by Crippen LogP contribution is -2.42. The molecule has 0 atom stereocenters. The van der Waals surface area contributed by atoms with E-state index < -0.39 is 0 Å². The Morgan fingerprint density at radius 1 is 1.21 bits per heavy atom. The topological polar surface area (TPSA) is 33.2 Å². The number of aromatic nitrogens is 1. The van der Waals surface area contributed by atoms with E-state index in [4.69, 9.17) is 11.6 Å². The number of carbonyl (C=O) groups is 1. The van der Waals surface area contributed by atoms with E-state index in [0.717, 1.165) is 25.9 Å². The van der Waals surface area contributed by atoms with Crippen molar-refractivity contribution in [2.75, 3.05) is 13.1 Å². The molecule has 1 spiro atoms. The predicted octanol–water partition coefficient (Wildman–Crippen LogP) is 3.53. The Hall–Kier alpha value is -1.09. The van der Waals surface area contributed by atoms with Crippen LogP contribution in [0.2, 0.25) is 5.15 Å². The summed E-state index contributed by atoms with van der Waals surface area (Å²) in [4.78, 5) is 18.3. The van der Waals surface area contributed by atoms with Gasteiger partial charge in [0.25, 0.3) is 5.91 Å². The molecule has 102 valence electrons. The number of likely N-dealkylation sites (tertiary alicyclic amines) is 1.